The van der Waals surface area contributed by atoms with Crippen LogP contribution in [0.1, 0.15) is 74.7 Å². The van der Waals surface area contributed by atoms with E-state index in [1.54, 1.807) is 0 Å². The molecule has 0 atom stereocenters. The third kappa shape index (κ3) is 5.69. The predicted octanol–water partition coefficient (Wildman–Crippen LogP) is 6.24. The number of carbonyl (C=O) groups excluding carboxylic acids is 1. The zero-order valence-corrected chi connectivity index (χ0v) is 23.4. The number of hydrogen-bond acceptors (Lipinski definition) is 5. The number of ether oxygens (including phenoxy) is 1. The third-order valence-electron chi connectivity index (χ3n) is 8.26. The molecule has 2 aromatic heterocycles. The molecule has 0 unspecified atom stereocenters. The van der Waals surface area contributed by atoms with Gasteiger partial charge in [0.15, 0.2) is 5.82 Å². The van der Waals surface area contributed by atoms with Crippen LogP contribution in [0.5, 0.6) is 0 Å². The zero-order chi connectivity index (χ0) is 25.2. The summed E-state index contributed by atoms with van der Waals surface area (Å²) in [5, 5.41) is 8.40. The molecule has 1 fully saturated rings. The van der Waals surface area contributed by atoms with E-state index < -0.39 is 8.07 Å². The molecule has 0 saturated heterocycles. The van der Waals surface area contributed by atoms with Crippen LogP contribution in [0.3, 0.4) is 0 Å². The lowest BCUT2D eigenvalue weighted by Gasteiger charge is -2.39. The van der Waals surface area contributed by atoms with Gasteiger partial charge in [0.2, 0.25) is 5.91 Å². The van der Waals surface area contributed by atoms with Gasteiger partial charge in [-0.3, -0.25) is 4.79 Å². The van der Waals surface area contributed by atoms with Gasteiger partial charge in [-0.1, -0.05) is 57.8 Å². The molecule has 0 aromatic carbocycles. The monoisotopic (exact) mass is 509 g/mol. The highest BCUT2D eigenvalue weighted by atomic mass is 28.3. The molecule has 1 amide bonds. The lowest BCUT2D eigenvalue weighted by molar-refractivity contribution is -0.145. The molecule has 1 spiro atoms. The topological polar surface area (TPSA) is 72.3 Å². The minimum absolute atomic E-state index is 0.183. The van der Waals surface area contributed by atoms with Gasteiger partial charge in [0.1, 0.15) is 12.5 Å². The van der Waals surface area contributed by atoms with Crippen molar-refractivity contribution in [2.45, 2.75) is 110 Å². The standard InChI is InChI=1S/C28H43N5O2Si/c1-36(2,3)18-17-35-21-33-24-20-32-19-23(24)26(31-33)30-25-13-10-12-22(29-25)11-6-4-7-14-28(27(32)34)15-8-5-9-16-28/h10,12-13H,4-9,11,14-21H2,1-3H3,(H,29,30,31). The van der Waals surface area contributed by atoms with Gasteiger partial charge >= 0.3 is 0 Å². The molecule has 2 aliphatic heterocycles. The number of pyridine rings is 1. The summed E-state index contributed by atoms with van der Waals surface area (Å²) in [6, 6.07) is 7.33. The van der Waals surface area contributed by atoms with Crippen LogP contribution in [0.25, 0.3) is 0 Å². The first-order valence-corrected chi connectivity index (χ1v) is 17.7. The zero-order valence-electron chi connectivity index (χ0n) is 22.4. The van der Waals surface area contributed by atoms with Crippen molar-refractivity contribution in [1.29, 1.82) is 0 Å². The van der Waals surface area contributed by atoms with E-state index in [1.807, 2.05) is 10.7 Å². The van der Waals surface area contributed by atoms with Gasteiger partial charge in [-0.25, -0.2) is 9.67 Å². The number of aromatic nitrogens is 3. The Morgan fingerprint density at radius 1 is 1.03 bits per heavy atom. The maximum Gasteiger partial charge on any atom is 0.229 e. The van der Waals surface area contributed by atoms with Gasteiger partial charge in [0.25, 0.3) is 0 Å². The second-order valence-electron chi connectivity index (χ2n) is 12.3. The number of amides is 1. The molecular weight excluding hydrogens is 466 g/mol. The molecule has 5 rings (SSSR count). The van der Waals surface area contributed by atoms with Crippen molar-refractivity contribution < 1.29 is 9.53 Å². The van der Waals surface area contributed by atoms with E-state index in [4.69, 9.17) is 14.8 Å². The SMILES string of the molecule is C[Si](C)(C)CCOCn1nc2c3c1CN(C3)C(=O)C1(CCCCCc3cccc(n3)N2)CCCCC1. The normalized spacial score (nSPS) is 20.2. The van der Waals surface area contributed by atoms with Crippen molar-refractivity contribution >= 4 is 25.6 Å². The first-order chi connectivity index (χ1) is 17.3. The Morgan fingerprint density at radius 3 is 2.53 bits per heavy atom. The third-order valence-corrected chi connectivity index (χ3v) is 9.96. The minimum Gasteiger partial charge on any atom is -0.360 e. The highest BCUT2D eigenvalue weighted by Crippen LogP contribution is 2.44. The summed E-state index contributed by atoms with van der Waals surface area (Å²) >= 11 is 0. The Hall–Kier alpha value is -2.19. The second kappa shape index (κ2) is 10.7. The maximum atomic E-state index is 14.1. The molecule has 196 valence electrons. The van der Waals surface area contributed by atoms with Crippen LogP contribution in [-0.4, -0.2) is 40.3 Å². The quantitative estimate of drug-likeness (QED) is 0.381. The van der Waals surface area contributed by atoms with Gasteiger partial charge in [0.05, 0.1) is 18.8 Å². The summed E-state index contributed by atoms with van der Waals surface area (Å²) in [4.78, 5) is 21.1. The smallest absolute Gasteiger partial charge is 0.229 e. The van der Waals surface area contributed by atoms with Crippen LogP contribution in [-0.2, 0) is 35.8 Å². The van der Waals surface area contributed by atoms with Gasteiger partial charge in [-0.05, 0) is 50.3 Å². The van der Waals surface area contributed by atoms with Crippen molar-refractivity contribution in [1.82, 2.24) is 19.7 Å². The van der Waals surface area contributed by atoms with Crippen LogP contribution < -0.4 is 5.32 Å². The van der Waals surface area contributed by atoms with Crippen molar-refractivity contribution in [2.75, 3.05) is 11.9 Å². The lowest BCUT2D eigenvalue weighted by atomic mass is 9.70. The second-order valence-corrected chi connectivity index (χ2v) is 17.9. The molecule has 3 aliphatic rings. The summed E-state index contributed by atoms with van der Waals surface area (Å²) in [6.07, 6.45) is 11.1. The number of nitrogens with one attached hydrogen (secondary N) is 1. The van der Waals surface area contributed by atoms with Crippen LogP contribution in [0.4, 0.5) is 11.6 Å². The molecule has 8 heteroatoms. The highest BCUT2D eigenvalue weighted by Gasteiger charge is 2.44. The van der Waals surface area contributed by atoms with Gasteiger partial charge in [-0.2, -0.15) is 5.10 Å². The fourth-order valence-electron chi connectivity index (χ4n) is 6.08. The van der Waals surface area contributed by atoms with Gasteiger partial charge in [-0.15, -0.1) is 0 Å². The highest BCUT2D eigenvalue weighted by molar-refractivity contribution is 6.76. The van der Waals surface area contributed by atoms with Crippen molar-refractivity contribution in [3.05, 3.63) is 35.2 Å². The Labute approximate surface area is 217 Å². The van der Waals surface area contributed by atoms with E-state index in [2.05, 4.69) is 42.0 Å². The lowest BCUT2D eigenvalue weighted by Crippen LogP contribution is -2.43. The number of rotatable bonds is 5. The van der Waals surface area contributed by atoms with Crippen molar-refractivity contribution in [3.8, 4) is 0 Å². The van der Waals surface area contributed by atoms with E-state index in [0.717, 1.165) is 86.2 Å². The first kappa shape index (κ1) is 25.5. The summed E-state index contributed by atoms with van der Waals surface area (Å²) in [5.41, 5.74) is 3.15. The number of fused-ring (bicyclic) bond motifs is 3. The molecule has 1 aliphatic carbocycles. The number of carbonyl (C=O) groups is 1. The van der Waals surface area contributed by atoms with E-state index in [9.17, 15) is 4.79 Å². The van der Waals surface area contributed by atoms with E-state index in [1.165, 1.54) is 19.3 Å². The van der Waals surface area contributed by atoms with Crippen LogP contribution in [0, 0.1) is 5.41 Å². The molecule has 4 bridgehead atoms. The summed E-state index contributed by atoms with van der Waals surface area (Å²) in [6.45, 7) is 9.52. The average molecular weight is 510 g/mol. The fraction of sp³-hybridized carbons (Fsp3) is 0.679. The first-order valence-electron chi connectivity index (χ1n) is 14.0. The Morgan fingerprint density at radius 2 is 1.78 bits per heavy atom. The molecule has 7 nitrogen and oxygen atoms in total. The predicted molar refractivity (Wildman–Crippen MR) is 146 cm³/mol. The molecule has 1 N–H and O–H groups in total. The van der Waals surface area contributed by atoms with Crippen molar-refractivity contribution in [2.24, 2.45) is 5.41 Å². The fourth-order valence-corrected chi connectivity index (χ4v) is 6.83. The van der Waals surface area contributed by atoms with E-state index >= 15 is 0 Å². The van der Waals surface area contributed by atoms with Crippen LogP contribution in [0.2, 0.25) is 25.7 Å². The molecule has 2 aromatic rings. The molecule has 1 saturated carbocycles. The van der Waals surface area contributed by atoms with E-state index in [-0.39, 0.29) is 5.41 Å². The Kier molecular flexibility index (Phi) is 7.54. The van der Waals surface area contributed by atoms with E-state index in [0.29, 0.717) is 25.7 Å². The minimum atomic E-state index is -1.16. The van der Waals surface area contributed by atoms with Crippen LogP contribution >= 0.6 is 0 Å². The average Bonchev–Trinajstić information content (AvgIpc) is 3.42. The number of anilines is 2. The summed E-state index contributed by atoms with van der Waals surface area (Å²) < 4.78 is 8.06. The van der Waals surface area contributed by atoms with Crippen LogP contribution in [0.15, 0.2) is 18.2 Å². The molecular formula is C28H43N5O2Si. The Bertz CT molecular complexity index is 1070. The van der Waals surface area contributed by atoms with Gasteiger partial charge in [0, 0.05) is 31.4 Å². The molecule has 36 heavy (non-hydrogen) atoms. The number of hydrogen-bond donors (Lipinski definition) is 1. The summed E-state index contributed by atoms with van der Waals surface area (Å²) in [7, 11) is -1.16. The number of aryl methyl sites for hydroxylation is 1. The van der Waals surface area contributed by atoms with Gasteiger partial charge < -0.3 is 15.0 Å². The number of nitrogens with zero attached hydrogens (tertiary/aromatic N) is 4. The summed E-state index contributed by atoms with van der Waals surface area (Å²) in [5.74, 6) is 2.00. The maximum absolute atomic E-state index is 14.1. The molecule has 4 heterocycles. The largest absolute Gasteiger partial charge is 0.360 e. The Balaban J connectivity index is 1.43. The molecule has 0 radical (unpaired) electrons. The van der Waals surface area contributed by atoms with Crippen molar-refractivity contribution in [3.63, 3.8) is 0 Å².